The normalized spacial score (nSPS) is 18.6. The van der Waals surface area contributed by atoms with E-state index in [2.05, 4.69) is 23.6 Å². The number of piperazine rings is 1. The van der Waals surface area contributed by atoms with E-state index in [0.717, 1.165) is 44.8 Å². The summed E-state index contributed by atoms with van der Waals surface area (Å²) >= 11 is 0. The Morgan fingerprint density at radius 2 is 1.80 bits per heavy atom. The maximum absolute atomic E-state index is 13.7. The molecule has 4 heteroatoms. The lowest BCUT2D eigenvalue weighted by Crippen LogP contribution is -2.50. The van der Waals surface area contributed by atoms with Gasteiger partial charge >= 0.3 is 0 Å². The van der Waals surface area contributed by atoms with Crippen LogP contribution in [0.3, 0.4) is 0 Å². The van der Waals surface area contributed by atoms with Gasteiger partial charge in [-0.05, 0) is 24.5 Å². The first kappa shape index (κ1) is 15.3. The summed E-state index contributed by atoms with van der Waals surface area (Å²) in [6.07, 6.45) is 1.06. The minimum Gasteiger partial charge on any atom is -0.367 e. The molecule has 1 aliphatic rings. The Labute approximate surface area is 121 Å². The van der Waals surface area contributed by atoms with Crippen molar-refractivity contribution in [2.75, 3.05) is 37.6 Å². The lowest BCUT2D eigenvalue weighted by atomic mass is 10.0. The molecule has 0 aliphatic carbocycles. The third-order valence-corrected chi connectivity index (χ3v) is 3.83. The van der Waals surface area contributed by atoms with Crippen molar-refractivity contribution in [2.45, 2.75) is 26.3 Å². The number of halogens is 1. The van der Waals surface area contributed by atoms with E-state index in [0.29, 0.717) is 5.92 Å². The van der Waals surface area contributed by atoms with Gasteiger partial charge in [-0.2, -0.15) is 0 Å². The van der Waals surface area contributed by atoms with Crippen LogP contribution in [0.25, 0.3) is 0 Å². The third kappa shape index (κ3) is 4.18. The Hall–Kier alpha value is -1.13. The summed E-state index contributed by atoms with van der Waals surface area (Å²) in [5.41, 5.74) is 6.88. The summed E-state index contributed by atoms with van der Waals surface area (Å²) in [4.78, 5) is 4.52. The Morgan fingerprint density at radius 1 is 1.15 bits per heavy atom. The number of hydrogen-bond acceptors (Lipinski definition) is 3. The fourth-order valence-corrected chi connectivity index (χ4v) is 2.89. The number of para-hydroxylation sites is 1. The first-order valence-electron chi connectivity index (χ1n) is 7.53. The second kappa shape index (κ2) is 7.04. The molecule has 20 heavy (non-hydrogen) atoms. The molecule has 0 bridgehead atoms. The number of nitrogens with two attached hydrogens (primary N) is 1. The topological polar surface area (TPSA) is 32.5 Å². The predicted molar refractivity (Wildman–Crippen MR) is 82.5 cm³/mol. The van der Waals surface area contributed by atoms with Crippen molar-refractivity contribution in [3.8, 4) is 0 Å². The maximum atomic E-state index is 13.7. The summed E-state index contributed by atoms with van der Waals surface area (Å²) in [7, 11) is 0. The molecule has 1 aromatic carbocycles. The van der Waals surface area contributed by atoms with Crippen molar-refractivity contribution < 1.29 is 4.39 Å². The van der Waals surface area contributed by atoms with E-state index >= 15 is 0 Å². The van der Waals surface area contributed by atoms with Crippen LogP contribution in [0.1, 0.15) is 20.3 Å². The van der Waals surface area contributed by atoms with Crippen LogP contribution in [0, 0.1) is 11.7 Å². The summed E-state index contributed by atoms with van der Waals surface area (Å²) < 4.78 is 13.7. The molecular weight excluding hydrogens is 253 g/mol. The first-order chi connectivity index (χ1) is 9.56. The van der Waals surface area contributed by atoms with E-state index in [1.807, 2.05) is 12.1 Å². The highest BCUT2D eigenvalue weighted by atomic mass is 19.1. The second-order valence-electron chi connectivity index (χ2n) is 6.13. The van der Waals surface area contributed by atoms with Gasteiger partial charge in [0.2, 0.25) is 0 Å². The summed E-state index contributed by atoms with van der Waals surface area (Å²) in [6, 6.07) is 7.26. The van der Waals surface area contributed by atoms with Crippen molar-refractivity contribution in [1.82, 2.24) is 4.90 Å². The summed E-state index contributed by atoms with van der Waals surface area (Å²) in [5.74, 6) is 0.516. The van der Waals surface area contributed by atoms with E-state index in [1.165, 1.54) is 6.07 Å². The van der Waals surface area contributed by atoms with Gasteiger partial charge in [-0.15, -0.1) is 0 Å². The predicted octanol–water partition coefficient (Wildman–Crippen LogP) is 2.32. The van der Waals surface area contributed by atoms with Gasteiger partial charge in [-0.1, -0.05) is 26.0 Å². The van der Waals surface area contributed by atoms with Crippen molar-refractivity contribution in [3.63, 3.8) is 0 Å². The molecule has 0 amide bonds. The molecule has 1 aliphatic heterocycles. The molecule has 3 nitrogen and oxygen atoms in total. The molecule has 1 fully saturated rings. The first-order valence-corrected chi connectivity index (χ1v) is 7.53. The Balaban J connectivity index is 1.82. The Bertz CT molecular complexity index is 414. The van der Waals surface area contributed by atoms with Crippen molar-refractivity contribution >= 4 is 5.69 Å². The van der Waals surface area contributed by atoms with E-state index in [9.17, 15) is 4.39 Å². The van der Waals surface area contributed by atoms with Gasteiger partial charge in [-0.25, -0.2) is 4.39 Å². The Kier molecular flexibility index (Phi) is 5.38. The number of benzene rings is 1. The van der Waals surface area contributed by atoms with Gasteiger partial charge in [0.15, 0.2) is 0 Å². The standard InChI is InChI=1S/C16H26FN3/c1-13(2)11-14(18)12-19-7-9-20(10-8-19)16-6-4-3-5-15(16)17/h3-6,13-14H,7-12,18H2,1-2H3/t14-/m0/s1. The molecule has 2 rings (SSSR count). The van der Waals surface area contributed by atoms with Gasteiger partial charge in [0, 0.05) is 38.8 Å². The van der Waals surface area contributed by atoms with Crippen LogP contribution in [0.15, 0.2) is 24.3 Å². The molecule has 1 atom stereocenters. The number of nitrogens with zero attached hydrogens (tertiary/aromatic N) is 2. The molecule has 1 aromatic rings. The van der Waals surface area contributed by atoms with Gasteiger partial charge in [0.05, 0.1) is 5.69 Å². The molecule has 0 aromatic heterocycles. The van der Waals surface area contributed by atoms with E-state index in [4.69, 9.17) is 5.73 Å². The zero-order valence-corrected chi connectivity index (χ0v) is 12.6. The Morgan fingerprint density at radius 3 is 2.40 bits per heavy atom. The molecule has 0 spiro atoms. The molecule has 0 radical (unpaired) electrons. The molecule has 0 unspecified atom stereocenters. The van der Waals surface area contributed by atoms with Crippen LogP contribution in [0.4, 0.5) is 10.1 Å². The quantitative estimate of drug-likeness (QED) is 0.898. The molecule has 1 saturated heterocycles. The van der Waals surface area contributed by atoms with Crippen molar-refractivity contribution in [1.29, 1.82) is 0 Å². The van der Waals surface area contributed by atoms with Gasteiger partial charge in [0.1, 0.15) is 5.82 Å². The lowest BCUT2D eigenvalue weighted by molar-refractivity contribution is 0.233. The average molecular weight is 279 g/mol. The summed E-state index contributed by atoms with van der Waals surface area (Å²) in [5, 5.41) is 0. The largest absolute Gasteiger partial charge is 0.367 e. The zero-order chi connectivity index (χ0) is 14.5. The van der Waals surface area contributed by atoms with Crippen LogP contribution in [0.2, 0.25) is 0 Å². The molecule has 2 N–H and O–H groups in total. The van der Waals surface area contributed by atoms with E-state index in [-0.39, 0.29) is 11.9 Å². The van der Waals surface area contributed by atoms with Crippen molar-refractivity contribution in [3.05, 3.63) is 30.1 Å². The van der Waals surface area contributed by atoms with E-state index in [1.54, 1.807) is 6.07 Å². The summed E-state index contributed by atoms with van der Waals surface area (Å²) in [6.45, 7) is 9.01. The van der Waals surface area contributed by atoms with Gasteiger partial charge in [-0.3, -0.25) is 4.90 Å². The fourth-order valence-electron chi connectivity index (χ4n) is 2.89. The fraction of sp³-hybridized carbons (Fsp3) is 0.625. The number of rotatable bonds is 5. The second-order valence-corrected chi connectivity index (χ2v) is 6.13. The third-order valence-electron chi connectivity index (χ3n) is 3.83. The number of anilines is 1. The minimum atomic E-state index is -0.127. The van der Waals surface area contributed by atoms with E-state index < -0.39 is 0 Å². The highest BCUT2D eigenvalue weighted by Crippen LogP contribution is 2.20. The van der Waals surface area contributed by atoms with Crippen LogP contribution >= 0.6 is 0 Å². The lowest BCUT2D eigenvalue weighted by Gasteiger charge is -2.37. The van der Waals surface area contributed by atoms with Gasteiger partial charge < -0.3 is 10.6 Å². The molecule has 112 valence electrons. The van der Waals surface area contributed by atoms with Crippen LogP contribution in [0.5, 0.6) is 0 Å². The smallest absolute Gasteiger partial charge is 0.146 e. The maximum Gasteiger partial charge on any atom is 0.146 e. The molecular formula is C16H26FN3. The monoisotopic (exact) mass is 279 g/mol. The highest BCUT2D eigenvalue weighted by molar-refractivity contribution is 5.47. The SMILES string of the molecule is CC(C)C[C@H](N)CN1CCN(c2ccccc2F)CC1. The highest BCUT2D eigenvalue weighted by Gasteiger charge is 2.20. The van der Waals surface area contributed by atoms with Crippen molar-refractivity contribution in [2.24, 2.45) is 11.7 Å². The molecule has 1 heterocycles. The zero-order valence-electron chi connectivity index (χ0n) is 12.6. The number of hydrogen-bond donors (Lipinski definition) is 1. The van der Waals surface area contributed by atoms with Crippen LogP contribution < -0.4 is 10.6 Å². The average Bonchev–Trinajstić information content (AvgIpc) is 2.39. The molecule has 0 saturated carbocycles. The minimum absolute atomic E-state index is 0.127. The van der Waals surface area contributed by atoms with Gasteiger partial charge in [0.25, 0.3) is 0 Å². The van der Waals surface area contributed by atoms with Crippen LogP contribution in [-0.4, -0.2) is 43.7 Å². The van der Waals surface area contributed by atoms with Crippen LogP contribution in [-0.2, 0) is 0 Å².